The van der Waals surface area contributed by atoms with E-state index >= 15 is 0 Å². The normalized spacial score (nSPS) is 10.9. The van der Waals surface area contributed by atoms with E-state index in [9.17, 15) is 15.0 Å². The molecule has 148 valence electrons. The zero-order valence-electron chi connectivity index (χ0n) is 16.7. The number of aromatic carboxylic acids is 1. The van der Waals surface area contributed by atoms with Gasteiger partial charge in [0, 0.05) is 5.56 Å². The number of benzene rings is 1. The minimum atomic E-state index is -1.12. The van der Waals surface area contributed by atoms with Gasteiger partial charge in [-0.15, -0.1) is 0 Å². The summed E-state index contributed by atoms with van der Waals surface area (Å²) in [6.45, 7) is 8.41. The Kier molecular flexibility index (Phi) is 10.1. The van der Waals surface area contributed by atoms with Crippen molar-refractivity contribution in [1.82, 2.24) is 0 Å². The number of hydrogen-bond donors (Lipinski definition) is 2. The van der Waals surface area contributed by atoms with E-state index in [1.165, 1.54) is 0 Å². The number of phenols is 1. The van der Waals surface area contributed by atoms with Crippen molar-refractivity contribution in [2.24, 2.45) is 0 Å². The topological polar surface area (TPSA) is 76.0 Å². The third-order valence-electron chi connectivity index (χ3n) is 4.57. The largest absolute Gasteiger partial charge is 0.504 e. The fourth-order valence-corrected chi connectivity index (χ4v) is 3.21. The lowest BCUT2D eigenvalue weighted by Crippen LogP contribution is -2.13. The first kappa shape index (κ1) is 22.3. The summed E-state index contributed by atoms with van der Waals surface area (Å²) >= 11 is 0. The van der Waals surface area contributed by atoms with Gasteiger partial charge in [0.15, 0.2) is 5.75 Å². The maximum Gasteiger partial charge on any atom is 0.339 e. The monoisotopic (exact) mass is 366 g/mol. The van der Waals surface area contributed by atoms with Crippen molar-refractivity contribution in [3.8, 4) is 11.5 Å². The second kappa shape index (κ2) is 11.8. The van der Waals surface area contributed by atoms with Crippen LogP contribution >= 0.6 is 0 Å². The molecule has 5 heteroatoms. The van der Waals surface area contributed by atoms with E-state index in [-0.39, 0.29) is 17.1 Å². The van der Waals surface area contributed by atoms with Crippen molar-refractivity contribution >= 4 is 5.97 Å². The predicted octanol–water partition coefficient (Wildman–Crippen LogP) is 5.45. The zero-order chi connectivity index (χ0) is 19.5. The van der Waals surface area contributed by atoms with Crippen LogP contribution in [0.3, 0.4) is 0 Å². The number of carboxylic acids is 1. The molecule has 0 spiro atoms. The molecule has 0 atom stereocenters. The number of unbranched alkanes of at least 4 members (excludes halogenated alkanes) is 3. The molecule has 0 bridgehead atoms. The van der Waals surface area contributed by atoms with Gasteiger partial charge in [-0.3, -0.25) is 0 Å². The van der Waals surface area contributed by atoms with Gasteiger partial charge in [-0.2, -0.15) is 4.89 Å². The molecule has 0 aliphatic heterocycles. The SMILES string of the molecule is CCCCc1c(CCCC)c(OOCC)c(O)c(C(=O)O)c1CCCC. The summed E-state index contributed by atoms with van der Waals surface area (Å²) in [6, 6.07) is 0. The van der Waals surface area contributed by atoms with Gasteiger partial charge in [0.25, 0.3) is 0 Å². The molecule has 0 saturated carbocycles. The second-order valence-electron chi connectivity index (χ2n) is 6.59. The summed E-state index contributed by atoms with van der Waals surface area (Å²) in [7, 11) is 0. The Bertz CT molecular complexity index is 580. The number of carbonyl (C=O) groups is 1. The van der Waals surface area contributed by atoms with Gasteiger partial charge in [-0.05, 0) is 56.6 Å². The Balaban J connectivity index is 3.65. The molecule has 0 radical (unpaired) electrons. The molecule has 0 fully saturated rings. The summed E-state index contributed by atoms with van der Waals surface area (Å²) in [4.78, 5) is 22.4. The summed E-state index contributed by atoms with van der Waals surface area (Å²) in [5, 5.41) is 20.5. The maximum atomic E-state index is 11.9. The Morgan fingerprint density at radius 2 is 1.35 bits per heavy atom. The maximum absolute atomic E-state index is 11.9. The van der Waals surface area contributed by atoms with Crippen molar-refractivity contribution in [3.05, 3.63) is 22.3 Å². The minimum Gasteiger partial charge on any atom is -0.504 e. The van der Waals surface area contributed by atoms with Crippen LogP contribution in [-0.4, -0.2) is 22.8 Å². The van der Waals surface area contributed by atoms with Gasteiger partial charge in [0.05, 0.1) is 6.61 Å². The van der Waals surface area contributed by atoms with Crippen LogP contribution in [0.5, 0.6) is 11.5 Å². The van der Waals surface area contributed by atoms with Crippen LogP contribution in [0.25, 0.3) is 0 Å². The van der Waals surface area contributed by atoms with Gasteiger partial charge < -0.3 is 15.1 Å². The first-order valence-corrected chi connectivity index (χ1v) is 9.95. The van der Waals surface area contributed by atoms with E-state index in [4.69, 9.17) is 9.78 Å². The first-order chi connectivity index (χ1) is 12.5. The summed E-state index contributed by atoms with van der Waals surface area (Å²) in [5.74, 6) is -1.23. The highest BCUT2D eigenvalue weighted by atomic mass is 17.2. The Morgan fingerprint density at radius 1 is 0.846 bits per heavy atom. The Labute approximate surface area is 157 Å². The molecule has 26 heavy (non-hydrogen) atoms. The molecule has 0 amide bonds. The lowest BCUT2D eigenvalue weighted by Gasteiger charge is -2.22. The second-order valence-corrected chi connectivity index (χ2v) is 6.59. The fraction of sp³-hybridized carbons (Fsp3) is 0.667. The highest BCUT2D eigenvalue weighted by Gasteiger charge is 2.28. The third-order valence-corrected chi connectivity index (χ3v) is 4.57. The van der Waals surface area contributed by atoms with Crippen LogP contribution in [0.2, 0.25) is 0 Å². The molecule has 2 N–H and O–H groups in total. The van der Waals surface area contributed by atoms with Crippen LogP contribution < -0.4 is 4.89 Å². The first-order valence-electron chi connectivity index (χ1n) is 9.95. The van der Waals surface area contributed by atoms with E-state index in [1.807, 2.05) is 0 Å². The van der Waals surface area contributed by atoms with Crippen molar-refractivity contribution in [2.75, 3.05) is 6.61 Å². The Hall–Kier alpha value is -1.75. The molecule has 1 aromatic rings. The molecule has 0 heterocycles. The van der Waals surface area contributed by atoms with Crippen molar-refractivity contribution in [3.63, 3.8) is 0 Å². The lowest BCUT2D eigenvalue weighted by atomic mass is 9.86. The van der Waals surface area contributed by atoms with E-state index < -0.39 is 5.97 Å². The zero-order valence-corrected chi connectivity index (χ0v) is 16.7. The minimum absolute atomic E-state index is 0.0282. The fourth-order valence-electron chi connectivity index (χ4n) is 3.21. The molecular weight excluding hydrogens is 332 g/mol. The van der Waals surface area contributed by atoms with Gasteiger partial charge in [0.2, 0.25) is 5.75 Å². The molecule has 5 nitrogen and oxygen atoms in total. The highest BCUT2D eigenvalue weighted by Crippen LogP contribution is 2.42. The van der Waals surface area contributed by atoms with Crippen LogP contribution in [0.4, 0.5) is 0 Å². The number of carboxylic acid groups (broad SMARTS) is 1. The molecule has 0 aliphatic carbocycles. The van der Waals surface area contributed by atoms with Gasteiger partial charge in [-0.25, -0.2) is 4.79 Å². The van der Waals surface area contributed by atoms with E-state index in [2.05, 4.69) is 20.8 Å². The number of hydrogen-bond acceptors (Lipinski definition) is 4. The average molecular weight is 366 g/mol. The Morgan fingerprint density at radius 3 is 1.81 bits per heavy atom. The van der Waals surface area contributed by atoms with Crippen LogP contribution in [0.15, 0.2) is 0 Å². The smallest absolute Gasteiger partial charge is 0.339 e. The highest BCUT2D eigenvalue weighted by molar-refractivity contribution is 5.94. The van der Waals surface area contributed by atoms with Gasteiger partial charge >= 0.3 is 5.97 Å². The lowest BCUT2D eigenvalue weighted by molar-refractivity contribution is -0.203. The molecular formula is C21H34O5. The average Bonchev–Trinajstić information content (AvgIpc) is 2.62. The van der Waals surface area contributed by atoms with E-state index in [0.717, 1.165) is 68.1 Å². The van der Waals surface area contributed by atoms with Crippen LogP contribution in [-0.2, 0) is 24.2 Å². The standard InChI is InChI=1S/C21H34O5/c1-5-9-12-15-16(13-10-6-2)18(21(23)24)19(22)20(26-25-8-4)17(15)14-11-7-3/h22H,5-14H2,1-4H3,(H,23,24). The van der Waals surface area contributed by atoms with Crippen LogP contribution in [0, 0.1) is 0 Å². The molecule has 0 unspecified atom stereocenters. The van der Waals surface area contributed by atoms with Crippen molar-refractivity contribution in [1.29, 1.82) is 0 Å². The molecule has 0 saturated heterocycles. The number of rotatable bonds is 13. The van der Waals surface area contributed by atoms with Crippen molar-refractivity contribution < 1.29 is 24.8 Å². The van der Waals surface area contributed by atoms with Gasteiger partial charge in [-0.1, -0.05) is 40.0 Å². The summed E-state index contributed by atoms with van der Waals surface area (Å²) in [5.41, 5.74) is 2.67. The number of aromatic hydroxyl groups is 1. The van der Waals surface area contributed by atoms with E-state index in [1.54, 1.807) is 6.92 Å². The van der Waals surface area contributed by atoms with Gasteiger partial charge in [0.1, 0.15) is 5.56 Å². The van der Waals surface area contributed by atoms with Crippen LogP contribution in [0.1, 0.15) is 93.3 Å². The molecule has 1 aromatic carbocycles. The summed E-state index contributed by atoms with van der Waals surface area (Å²) < 4.78 is 0. The van der Waals surface area contributed by atoms with Crippen molar-refractivity contribution in [2.45, 2.75) is 85.5 Å². The molecule has 1 rings (SSSR count). The van der Waals surface area contributed by atoms with E-state index in [0.29, 0.717) is 13.0 Å². The molecule has 0 aliphatic rings. The molecule has 0 aromatic heterocycles. The quantitative estimate of drug-likeness (QED) is 0.359. The predicted molar refractivity (Wildman–Crippen MR) is 103 cm³/mol. The third kappa shape index (κ3) is 5.63. The summed E-state index contributed by atoms with van der Waals surface area (Å²) in [6.07, 6.45) is 7.97.